The zero-order chi connectivity index (χ0) is 11.2. The van der Waals surface area contributed by atoms with Crippen molar-refractivity contribution in [1.29, 1.82) is 0 Å². The van der Waals surface area contributed by atoms with Crippen molar-refractivity contribution in [2.24, 2.45) is 5.16 Å². The van der Waals surface area contributed by atoms with Crippen LogP contribution in [0.2, 0.25) is 0 Å². The fourth-order valence-electron chi connectivity index (χ4n) is 1.86. The van der Waals surface area contributed by atoms with E-state index in [0.717, 1.165) is 24.2 Å². The minimum Gasteiger partial charge on any atom is -0.497 e. The summed E-state index contributed by atoms with van der Waals surface area (Å²) in [5.41, 5.74) is 1.03. The summed E-state index contributed by atoms with van der Waals surface area (Å²) in [5, 5.41) is 4.01. The normalized spacial score (nSPS) is 16.8. The molecule has 3 heteroatoms. The summed E-state index contributed by atoms with van der Waals surface area (Å²) in [6.45, 7) is 0. The van der Waals surface area contributed by atoms with E-state index in [-0.39, 0.29) is 0 Å². The molecule has 0 aliphatic heterocycles. The molecular formula is C13H17NO2. The van der Waals surface area contributed by atoms with Crippen molar-refractivity contribution in [2.45, 2.75) is 31.8 Å². The number of ether oxygens (including phenoxy) is 1. The topological polar surface area (TPSA) is 30.8 Å². The minimum absolute atomic E-state index is 0.328. The average Bonchev–Trinajstić information content (AvgIpc) is 2.83. The number of nitrogens with zero attached hydrogens (tertiary/aromatic N) is 1. The van der Waals surface area contributed by atoms with Gasteiger partial charge in [0.1, 0.15) is 11.9 Å². The van der Waals surface area contributed by atoms with Crippen LogP contribution in [0.25, 0.3) is 0 Å². The highest BCUT2D eigenvalue weighted by atomic mass is 16.6. The number of methoxy groups -OCH3 is 1. The van der Waals surface area contributed by atoms with Gasteiger partial charge in [-0.3, -0.25) is 0 Å². The van der Waals surface area contributed by atoms with E-state index in [2.05, 4.69) is 5.16 Å². The maximum absolute atomic E-state index is 5.40. The first kappa shape index (κ1) is 11.0. The molecule has 0 atom stereocenters. The van der Waals surface area contributed by atoms with Crippen LogP contribution in [0.4, 0.5) is 0 Å². The highest BCUT2D eigenvalue weighted by Crippen LogP contribution is 2.20. The summed E-state index contributed by atoms with van der Waals surface area (Å²) in [7, 11) is 1.66. The van der Waals surface area contributed by atoms with E-state index < -0.39 is 0 Å². The summed E-state index contributed by atoms with van der Waals surface area (Å²) in [4.78, 5) is 5.40. The molecule has 1 fully saturated rings. The molecule has 1 saturated carbocycles. The molecule has 1 aromatic rings. The zero-order valence-corrected chi connectivity index (χ0v) is 9.56. The van der Waals surface area contributed by atoms with Crippen LogP contribution in [0.5, 0.6) is 5.75 Å². The highest BCUT2D eigenvalue weighted by molar-refractivity contribution is 5.79. The molecule has 1 aliphatic rings. The lowest BCUT2D eigenvalue weighted by Crippen LogP contribution is -2.02. The molecule has 0 spiro atoms. The van der Waals surface area contributed by atoms with Crippen molar-refractivity contribution in [3.8, 4) is 5.75 Å². The standard InChI is InChI=1S/C13H17NO2/c1-15-12-8-6-11(7-9-12)10-14-16-13-4-2-3-5-13/h6-10,13H,2-5H2,1H3. The molecule has 0 saturated heterocycles. The molecule has 0 N–H and O–H groups in total. The fourth-order valence-corrected chi connectivity index (χ4v) is 1.86. The summed E-state index contributed by atoms with van der Waals surface area (Å²) in [6.07, 6.45) is 6.89. The fraction of sp³-hybridized carbons (Fsp3) is 0.462. The van der Waals surface area contributed by atoms with Crippen molar-refractivity contribution < 1.29 is 9.57 Å². The van der Waals surface area contributed by atoms with Gasteiger partial charge in [-0.05, 0) is 55.5 Å². The van der Waals surface area contributed by atoms with E-state index >= 15 is 0 Å². The van der Waals surface area contributed by atoms with Crippen molar-refractivity contribution in [3.63, 3.8) is 0 Å². The first-order valence-corrected chi connectivity index (χ1v) is 5.72. The Bertz CT molecular complexity index is 339. The van der Waals surface area contributed by atoms with Crippen LogP contribution in [0.15, 0.2) is 29.4 Å². The second kappa shape index (κ2) is 5.54. The Labute approximate surface area is 96.1 Å². The first-order valence-electron chi connectivity index (χ1n) is 5.72. The third-order valence-corrected chi connectivity index (χ3v) is 2.83. The minimum atomic E-state index is 0.328. The number of benzene rings is 1. The molecule has 2 rings (SSSR count). The Morgan fingerprint density at radius 2 is 1.88 bits per heavy atom. The molecule has 0 amide bonds. The van der Waals surface area contributed by atoms with Crippen molar-refractivity contribution in [1.82, 2.24) is 0 Å². The van der Waals surface area contributed by atoms with Gasteiger partial charge in [0.25, 0.3) is 0 Å². The van der Waals surface area contributed by atoms with Crippen LogP contribution < -0.4 is 4.74 Å². The summed E-state index contributed by atoms with van der Waals surface area (Å²) >= 11 is 0. The van der Waals surface area contributed by atoms with E-state index in [1.165, 1.54) is 12.8 Å². The van der Waals surface area contributed by atoms with E-state index in [0.29, 0.717) is 6.10 Å². The van der Waals surface area contributed by atoms with Gasteiger partial charge in [0.05, 0.1) is 13.3 Å². The van der Waals surface area contributed by atoms with E-state index in [4.69, 9.17) is 9.57 Å². The number of hydrogen-bond acceptors (Lipinski definition) is 3. The van der Waals surface area contributed by atoms with E-state index in [1.807, 2.05) is 24.3 Å². The average molecular weight is 219 g/mol. The lowest BCUT2D eigenvalue weighted by Gasteiger charge is -2.05. The maximum Gasteiger partial charge on any atom is 0.127 e. The molecule has 0 aromatic heterocycles. The number of oxime groups is 1. The molecule has 0 bridgehead atoms. The van der Waals surface area contributed by atoms with Crippen LogP contribution in [0, 0.1) is 0 Å². The summed E-state index contributed by atoms with van der Waals surface area (Å²) in [6, 6.07) is 7.74. The van der Waals surface area contributed by atoms with Crippen molar-refractivity contribution >= 4 is 6.21 Å². The van der Waals surface area contributed by atoms with Gasteiger partial charge in [-0.1, -0.05) is 5.16 Å². The van der Waals surface area contributed by atoms with Gasteiger partial charge in [0, 0.05) is 0 Å². The third kappa shape index (κ3) is 2.99. The maximum atomic E-state index is 5.40. The molecule has 3 nitrogen and oxygen atoms in total. The number of hydrogen-bond donors (Lipinski definition) is 0. The monoisotopic (exact) mass is 219 g/mol. The van der Waals surface area contributed by atoms with Gasteiger partial charge in [0.2, 0.25) is 0 Å². The molecule has 0 heterocycles. The van der Waals surface area contributed by atoms with Gasteiger partial charge in [-0.15, -0.1) is 0 Å². The Hall–Kier alpha value is -1.51. The third-order valence-electron chi connectivity index (χ3n) is 2.83. The molecule has 0 radical (unpaired) electrons. The van der Waals surface area contributed by atoms with Crippen LogP contribution in [-0.4, -0.2) is 19.4 Å². The van der Waals surface area contributed by atoms with Crippen LogP contribution >= 0.6 is 0 Å². The zero-order valence-electron chi connectivity index (χ0n) is 9.56. The van der Waals surface area contributed by atoms with Gasteiger partial charge in [0.15, 0.2) is 0 Å². The number of rotatable bonds is 4. The summed E-state index contributed by atoms with van der Waals surface area (Å²) < 4.78 is 5.08. The predicted octanol–water partition coefficient (Wildman–Crippen LogP) is 2.99. The largest absolute Gasteiger partial charge is 0.497 e. The van der Waals surface area contributed by atoms with E-state index in [9.17, 15) is 0 Å². The quantitative estimate of drug-likeness (QED) is 0.575. The molecule has 86 valence electrons. The van der Waals surface area contributed by atoms with E-state index in [1.54, 1.807) is 13.3 Å². The Morgan fingerprint density at radius 3 is 2.50 bits per heavy atom. The van der Waals surface area contributed by atoms with Crippen LogP contribution in [-0.2, 0) is 4.84 Å². The highest BCUT2D eigenvalue weighted by Gasteiger charge is 2.15. The Morgan fingerprint density at radius 1 is 1.19 bits per heavy atom. The SMILES string of the molecule is COc1ccc(C=NOC2CCCC2)cc1. The Balaban J connectivity index is 1.84. The van der Waals surface area contributed by atoms with Gasteiger partial charge in [-0.25, -0.2) is 0 Å². The molecular weight excluding hydrogens is 202 g/mol. The smallest absolute Gasteiger partial charge is 0.127 e. The van der Waals surface area contributed by atoms with Gasteiger partial charge < -0.3 is 9.57 Å². The van der Waals surface area contributed by atoms with Gasteiger partial charge in [-0.2, -0.15) is 0 Å². The molecule has 0 unspecified atom stereocenters. The second-order valence-electron chi connectivity index (χ2n) is 4.02. The predicted molar refractivity (Wildman–Crippen MR) is 63.9 cm³/mol. The molecule has 16 heavy (non-hydrogen) atoms. The Kier molecular flexibility index (Phi) is 3.81. The van der Waals surface area contributed by atoms with Crippen LogP contribution in [0.3, 0.4) is 0 Å². The lowest BCUT2D eigenvalue weighted by atomic mass is 10.2. The van der Waals surface area contributed by atoms with Crippen molar-refractivity contribution in [3.05, 3.63) is 29.8 Å². The van der Waals surface area contributed by atoms with Crippen molar-refractivity contribution in [2.75, 3.05) is 7.11 Å². The van der Waals surface area contributed by atoms with Gasteiger partial charge >= 0.3 is 0 Å². The first-order chi connectivity index (χ1) is 7.88. The second-order valence-corrected chi connectivity index (χ2v) is 4.02. The summed E-state index contributed by atoms with van der Waals surface area (Å²) in [5.74, 6) is 0.855. The lowest BCUT2D eigenvalue weighted by molar-refractivity contribution is 0.0657. The van der Waals surface area contributed by atoms with Crippen LogP contribution in [0.1, 0.15) is 31.2 Å². The molecule has 1 aromatic carbocycles. The molecule has 1 aliphatic carbocycles.